The van der Waals surface area contributed by atoms with Crippen molar-refractivity contribution in [1.29, 1.82) is 0 Å². The second kappa shape index (κ2) is 6.20. The molecule has 0 spiro atoms. The summed E-state index contributed by atoms with van der Waals surface area (Å²) in [6.07, 6.45) is 4.32. The number of halogens is 1. The molecule has 3 nitrogen and oxygen atoms in total. The molecule has 94 valence electrons. The van der Waals surface area contributed by atoms with Crippen LogP contribution < -0.4 is 0 Å². The van der Waals surface area contributed by atoms with Crippen LogP contribution in [0.1, 0.15) is 26.2 Å². The minimum Gasteiger partial charge on any atom is -0.378 e. The second-order valence-corrected chi connectivity index (χ2v) is 5.19. The molecular weight excluding hydrogens is 226 g/mol. The molecule has 3 atom stereocenters. The van der Waals surface area contributed by atoms with Gasteiger partial charge in [0.05, 0.1) is 18.8 Å². The largest absolute Gasteiger partial charge is 0.378 e. The molecular formula is C12H22ClNO2. The predicted octanol–water partition coefficient (Wildman–Crippen LogP) is 1.88. The molecule has 0 N–H and O–H groups in total. The summed E-state index contributed by atoms with van der Waals surface area (Å²) >= 11 is 5.84. The smallest absolute Gasteiger partial charge is 0.0837 e. The number of ether oxygens (including phenoxy) is 2. The van der Waals surface area contributed by atoms with E-state index < -0.39 is 0 Å². The van der Waals surface area contributed by atoms with Gasteiger partial charge in [0, 0.05) is 31.6 Å². The highest BCUT2D eigenvalue weighted by molar-refractivity contribution is 6.18. The topological polar surface area (TPSA) is 21.7 Å². The minimum atomic E-state index is 0.211. The van der Waals surface area contributed by atoms with Gasteiger partial charge in [-0.15, -0.1) is 11.6 Å². The summed E-state index contributed by atoms with van der Waals surface area (Å²) in [4.78, 5) is 2.48. The predicted molar refractivity (Wildman–Crippen MR) is 65.1 cm³/mol. The van der Waals surface area contributed by atoms with Crippen LogP contribution in [0.4, 0.5) is 0 Å². The van der Waals surface area contributed by atoms with Crippen molar-refractivity contribution in [3.63, 3.8) is 0 Å². The van der Waals surface area contributed by atoms with Gasteiger partial charge in [0.25, 0.3) is 0 Å². The molecule has 0 amide bonds. The maximum Gasteiger partial charge on any atom is 0.0837 e. The Morgan fingerprint density at radius 2 is 2.19 bits per heavy atom. The molecule has 2 rings (SSSR count). The average Bonchev–Trinajstić information content (AvgIpc) is 2.81. The Morgan fingerprint density at radius 1 is 1.31 bits per heavy atom. The molecule has 2 fully saturated rings. The standard InChI is InChI=1S/C12H22ClNO2/c1-10-9-16-12(7-13)8-14(10)5-4-11-3-2-6-15-11/h10-12H,2-9H2,1H3. The lowest BCUT2D eigenvalue weighted by atomic mass is 10.1. The van der Waals surface area contributed by atoms with Crippen LogP contribution in [0.3, 0.4) is 0 Å². The Kier molecular flexibility index (Phi) is 4.89. The zero-order valence-corrected chi connectivity index (χ0v) is 10.8. The van der Waals surface area contributed by atoms with E-state index in [-0.39, 0.29) is 6.10 Å². The van der Waals surface area contributed by atoms with E-state index in [4.69, 9.17) is 21.1 Å². The lowest BCUT2D eigenvalue weighted by molar-refractivity contribution is -0.0517. The Labute approximate surface area is 103 Å². The number of hydrogen-bond donors (Lipinski definition) is 0. The highest BCUT2D eigenvalue weighted by atomic mass is 35.5. The van der Waals surface area contributed by atoms with Gasteiger partial charge in [-0.25, -0.2) is 0 Å². The first-order valence-electron chi connectivity index (χ1n) is 6.33. The molecule has 0 radical (unpaired) electrons. The van der Waals surface area contributed by atoms with Gasteiger partial charge in [0.2, 0.25) is 0 Å². The number of hydrogen-bond acceptors (Lipinski definition) is 3. The maximum absolute atomic E-state index is 5.84. The fourth-order valence-corrected chi connectivity index (χ4v) is 2.65. The lowest BCUT2D eigenvalue weighted by Gasteiger charge is -2.37. The number of morpholine rings is 1. The van der Waals surface area contributed by atoms with Crippen molar-refractivity contribution in [2.24, 2.45) is 0 Å². The first-order chi connectivity index (χ1) is 7.79. The number of nitrogens with zero attached hydrogens (tertiary/aromatic N) is 1. The van der Waals surface area contributed by atoms with Crippen LogP contribution in [-0.4, -0.2) is 55.3 Å². The van der Waals surface area contributed by atoms with Crippen molar-refractivity contribution in [2.45, 2.75) is 44.4 Å². The molecule has 2 heterocycles. The van der Waals surface area contributed by atoms with E-state index in [1.165, 1.54) is 12.8 Å². The Balaban J connectivity index is 1.73. The summed E-state index contributed by atoms with van der Waals surface area (Å²) in [5, 5.41) is 0. The van der Waals surface area contributed by atoms with Crippen LogP contribution in [0, 0.1) is 0 Å². The first-order valence-corrected chi connectivity index (χ1v) is 6.86. The molecule has 0 aliphatic carbocycles. The SMILES string of the molecule is CC1COC(CCl)CN1CCC1CCCO1. The van der Waals surface area contributed by atoms with Crippen molar-refractivity contribution in [2.75, 3.05) is 32.2 Å². The third-order valence-electron chi connectivity index (χ3n) is 3.57. The molecule has 0 bridgehead atoms. The summed E-state index contributed by atoms with van der Waals surface area (Å²) < 4.78 is 11.3. The average molecular weight is 248 g/mol. The van der Waals surface area contributed by atoms with Gasteiger partial charge in [-0.05, 0) is 26.2 Å². The van der Waals surface area contributed by atoms with Gasteiger partial charge in [-0.2, -0.15) is 0 Å². The van der Waals surface area contributed by atoms with Crippen LogP contribution in [0.2, 0.25) is 0 Å². The molecule has 2 saturated heterocycles. The van der Waals surface area contributed by atoms with E-state index in [1.54, 1.807) is 0 Å². The van der Waals surface area contributed by atoms with Crippen LogP contribution in [-0.2, 0) is 9.47 Å². The van der Waals surface area contributed by atoms with Gasteiger partial charge in [-0.1, -0.05) is 0 Å². The normalized spacial score (nSPS) is 36.8. The lowest BCUT2D eigenvalue weighted by Crippen LogP contribution is -2.49. The summed E-state index contributed by atoms with van der Waals surface area (Å²) in [7, 11) is 0. The van der Waals surface area contributed by atoms with Gasteiger partial charge in [-0.3, -0.25) is 4.90 Å². The highest BCUT2D eigenvalue weighted by Gasteiger charge is 2.26. The fraction of sp³-hybridized carbons (Fsp3) is 1.00. The zero-order valence-electron chi connectivity index (χ0n) is 10.0. The van der Waals surface area contributed by atoms with Crippen LogP contribution >= 0.6 is 11.6 Å². The summed E-state index contributed by atoms with van der Waals surface area (Å²) in [6, 6.07) is 0.515. The van der Waals surface area contributed by atoms with Crippen molar-refractivity contribution in [3.05, 3.63) is 0 Å². The molecule has 2 aliphatic rings. The van der Waals surface area contributed by atoms with E-state index in [0.717, 1.165) is 32.7 Å². The number of alkyl halides is 1. The molecule has 2 aliphatic heterocycles. The van der Waals surface area contributed by atoms with E-state index in [0.29, 0.717) is 18.0 Å². The van der Waals surface area contributed by atoms with Crippen LogP contribution in [0.25, 0.3) is 0 Å². The summed E-state index contributed by atoms with van der Waals surface area (Å²) in [5.41, 5.74) is 0. The highest BCUT2D eigenvalue weighted by Crippen LogP contribution is 2.18. The van der Waals surface area contributed by atoms with Gasteiger partial charge in [0.1, 0.15) is 0 Å². The molecule has 0 saturated carbocycles. The molecule has 0 aromatic heterocycles. The Hall–Kier alpha value is 0.170. The first kappa shape index (κ1) is 12.6. The van der Waals surface area contributed by atoms with Gasteiger partial charge in [0.15, 0.2) is 0 Å². The van der Waals surface area contributed by atoms with E-state index in [1.807, 2.05) is 0 Å². The quantitative estimate of drug-likeness (QED) is 0.709. The maximum atomic E-state index is 5.84. The molecule has 0 aromatic carbocycles. The van der Waals surface area contributed by atoms with E-state index >= 15 is 0 Å². The van der Waals surface area contributed by atoms with Crippen molar-refractivity contribution < 1.29 is 9.47 Å². The van der Waals surface area contributed by atoms with Gasteiger partial charge >= 0.3 is 0 Å². The zero-order chi connectivity index (χ0) is 11.4. The van der Waals surface area contributed by atoms with E-state index in [2.05, 4.69) is 11.8 Å². The molecule has 0 aromatic rings. The molecule has 3 unspecified atom stereocenters. The third kappa shape index (κ3) is 3.33. The van der Waals surface area contributed by atoms with Crippen molar-refractivity contribution >= 4 is 11.6 Å². The third-order valence-corrected chi connectivity index (χ3v) is 3.91. The molecule has 4 heteroatoms. The Morgan fingerprint density at radius 3 is 2.88 bits per heavy atom. The Bertz CT molecular complexity index is 209. The van der Waals surface area contributed by atoms with Crippen molar-refractivity contribution in [1.82, 2.24) is 4.90 Å². The molecule has 16 heavy (non-hydrogen) atoms. The van der Waals surface area contributed by atoms with E-state index in [9.17, 15) is 0 Å². The van der Waals surface area contributed by atoms with Gasteiger partial charge < -0.3 is 9.47 Å². The van der Waals surface area contributed by atoms with Crippen LogP contribution in [0.15, 0.2) is 0 Å². The fourth-order valence-electron chi connectivity index (χ4n) is 2.46. The monoisotopic (exact) mass is 247 g/mol. The van der Waals surface area contributed by atoms with Crippen molar-refractivity contribution in [3.8, 4) is 0 Å². The number of rotatable bonds is 4. The summed E-state index contributed by atoms with van der Waals surface area (Å²) in [6.45, 7) is 6.07. The second-order valence-electron chi connectivity index (χ2n) is 4.88. The summed E-state index contributed by atoms with van der Waals surface area (Å²) in [5.74, 6) is 0.600. The minimum absolute atomic E-state index is 0.211. The van der Waals surface area contributed by atoms with Crippen LogP contribution in [0.5, 0.6) is 0 Å².